The summed E-state index contributed by atoms with van der Waals surface area (Å²) in [5.74, 6) is -0.755. The van der Waals surface area contributed by atoms with Gasteiger partial charge in [0.15, 0.2) is 5.11 Å². The van der Waals surface area contributed by atoms with Gasteiger partial charge in [-0.2, -0.15) is 0 Å². The molecule has 1 aliphatic rings. The van der Waals surface area contributed by atoms with Crippen LogP contribution in [0.15, 0.2) is 48.5 Å². The second kappa shape index (κ2) is 8.18. The van der Waals surface area contributed by atoms with Gasteiger partial charge in [-0.1, -0.05) is 12.1 Å². The van der Waals surface area contributed by atoms with Crippen LogP contribution in [0.1, 0.15) is 28.8 Å². The Kier molecular flexibility index (Phi) is 5.73. The highest BCUT2D eigenvalue weighted by atomic mass is 32.1. The molecule has 130 valence electrons. The van der Waals surface area contributed by atoms with Crippen LogP contribution in [0.4, 0.5) is 10.1 Å². The summed E-state index contributed by atoms with van der Waals surface area (Å²) in [5.41, 5.74) is 2.43. The van der Waals surface area contributed by atoms with Crippen LogP contribution in [0, 0.1) is 5.82 Å². The van der Waals surface area contributed by atoms with E-state index in [0.717, 1.165) is 12.2 Å². The SMILES string of the molecule is O=C(NC(=S)Nc1ccc(CN2CCCC2)cc1)c1ccc(F)cc1. The summed E-state index contributed by atoms with van der Waals surface area (Å²) < 4.78 is 12.9. The molecular weight excluding hydrogens is 337 g/mol. The molecule has 0 aliphatic carbocycles. The molecule has 2 N–H and O–H groups in total. The monoisotopic (exact) mass is 357 g/mol. The van der Waals surface area contributed by atoms with E-state index in [2.05, 4.69) is 27.7 Å². The average molecular weight is 357 g/mol. The smallest absolute Gasteiger partial charge is 0.257 e. The molecule has 0 spiro atoms. The Bertz CT molecular complexity index is 740. The number of halogens is 1. The normalized spacial score (nSPS) is 14.3. The van der Waals surface area contributed by atoms with Crippen LogP contribution in [0.2, 0.25) is 0 Å². The number of hydrogen-bond acceptors (Lipinski definition) is 3. The lowest BCUT2D eigenvalue weighted by molar-refractivity contribution is 0.0977. The first-order valence-corrected chi connectivity index (χ1v) is 8.70. The fourth-order valence-electron chi connectivity index (χ4n) is 2.83. The van der Waals surface area contributed by atoms with Gasteiger partial charge in [-0.15, -0.1) is 0 Å². The van der Waals surface area contributed by atoms with Crippen molar-refractivity contribution < 1.29 is 9.18 Å². The van der Waals surface area contributed by atoms with Crippen LogP contribution in [0.3, 0.4) is 0 Å². The summed E-state index contributed by atoms with van der Waals surface area (Å²) in [6.45, 7) is 3.30. The van der Waals surface area contributed by atoms with E-state index in [1.807, 2.05) is 12.1 Å². The molecule has 2 aromatic rings. The molecule has 0 aromatic heterocycles. The van der Waals surface area contributed by atoms with Gasteiger partial charge in [0.1, 0.15) is 5.82 Å². The van der Waals surface area contributed by atoms with Gasteiger partial charge in [-0.05, 0) is 80.1 Å². The molecule has 1 heterocycles. The van der Waals surface area contributed by atoms with Crippen molar-refractivity contribution in [2.75, 3.05) is 18.4 Å². The summed E-state index contributed by atoms with van der Waals surface area (Å²) in [7, 11) is 0. The van der Waals surface area contributed by atoms with Crippen LogP contribution < -0.4 is 10.6 Å². The van der Waals surface area contributed by atoms with Crippen molar-refractivity contribution in [1.82, 2.24) is 10.2 Å². The highest BCUT2D eigenvalue weighted by Crippen LogP contribution is 2.15. The Morgan fingerprint density at radius 1 is 1.04 bits per heavy atom. The number of anilines is 1. The molecule has 0 atom stereocenters. The topological polar surface area (TPSA) is 44.4 Å². The molecule has 25 heavy (non-hydrogen) atoms. The molecule has 1 amide bonds. The van der Waals surface area contributed by atoms with E-state index in [9.17, 15) is 9.18 Å². The van der Waals surface area contributed by atoms with Crippen LogP contribution in [0.25, 0.3) is 0 Å². The minimum absolute atomic E-state index is 0.210. The van der Waals surface area contributed by atoms with Crippen molar-refractivity contribution in [3.8, 4) is 0 Å². The first kappa shape index (κ1) is 17.5. The maximum atomic E-state index is 12.9. The third-order valence-corrected chi connectivity index (χ3v) is 4.35. The molecule has 1 aliphatic heterocycles. The van der Waals surface area contributed by atoms with Crippen molar-refractivity contribution in [3.05, 3.63) is 65.5 Å². The number of thiocarbonyl (C=S) groups is 1. The predicted octanol–water partition coefficient (Wildman–Crippen LogP) is 3.55. The van der Waals surface area contributed by atoms with Crippen molar-refractivity contribution >= 4 is 28.9 Å². The zero-order valence-corrected chi connectivity index (χ0v) is 14.6. The van der Waals surface area contributed by atoms with E-state index in [1.54, 1.807) is 0 Å². The van der Waals surface area contributed by atoms with Gasteiger partial charge < -0.3 is 5.32 Å². The van der Waals surface area contributed by atoms with Crippen molar-refractivity contribution in [2.24, 2.45) is 0 Å². The Hall–Kier alpha value is -2.31. The average Bonchev–Trinajstić information content (AvgIpc) is 3.10. The zero-order chi connectivity index (χ0) is 17.6. The number of amides is 1. The van der Waals surface area contributed by atoms with E-state index < -0.39 is 0 Å². The zero-order valence-electron chi connectivity index (χ0n) is 13.8. The van der Waals surface area contributed by atoms with E-state index in [1.165, 1.54) is 55.8 Å². The highest BCUT2D eigenvalue weighted by Gasteiger charge is 2.12. The van der Waals surface area contributed by atoms with Crippen molar-refractivity contribution in [1.29, 1.82) is 0 Å². The standard InChI is InChI=1S/C19H20FN3OS/c20-16-7-5-15(6-8-16)18(24)22-19(25)21-17-9-3-14(4-10-17)13-23-11-1-2-12-23/h3-10H,1-2,11-13H2,(H2,21,22,24,25). The Labute approximate surface area is 152 Å². The molecule has 1 saturated heterocycles. The van der Waals surface area contributed by atoms with Crippen LogP contribution in [0.5, 0.6) is 0 Å². The quantitative estimate of drug-likeness (QED) is 0.822. The molecule has 6 heteroatoms. The molecular formula is C19H20FN3OS. The molecule has 4 nitrogen and oxygen atoms in total. The van der Waals surface area contributed by atoms with E-state index in [4.69, 9.17) is 12.2 Å². The molecule has 0 saturated carbocycles. The van der Waals surface area contributed by atoms with Gasteiger partial charge in [0.25, 0.3) is 5.91 Å². The maximum absolute atomic E-state index is 12.9. The van der Waals surface area contributed by atoms with Gasteiger partial charge >= 0.3 is 0 Å². The molecule has 0 unspecified atom stereocenters. The Balaban J connectivity index is 1.51. The second-order valence-electron chi connectivity index (χ2n) is 6.10. The maximum Gasteiger partial charge on any atom is 0.257 e. The lowest BCUT2D eigenvalue weighted by Crippen LogP contribution is -2.34. The van der Waals surface area contributed by atoms with Crippen LogP contribution in [-0.2, 0) is 6.54 Å². The Morgan fingerprint density at radius 2 is 1.68 bits per heavy atom. The number of likely N-dealkylation sites (tertiary alicyclic amines) is 1. The van der Waals surface area contributed by atoms with E-state index in [0.29, 0.717) is 5.56 Å². The summed E-state index contributed by atoms with van der Waals surface area (Å²) >= 11 is 5.16. The van der Waals surface area contributed by atoms with E-state index in [-0.39, 0.29) is 16.8 Å². The van der Waals surface area contributed by atoms with Gasteiger partial charge in [-0.3, -0.25) is 15.0 Å². The lowest BCUT2D eigenvalue weighted by Gasteiger charge is -2.15. The second-order valence-corrected chi connectivity index (χ2v) is 6.50. The first-order valence-electron chi connectivity index (χ1n) is 8.29. The van der Waals surface area contributed by atoms with Crippen molar-refractivity contribution in [3.63, 3.8) is 0 Å². The largest absolute Gasteiger partial charge is 0.332 e. The summed E-state index contributed by atoms with van der Waals surface area (Å²) in [4.78, 5) is 14.5. The minimum Gasteiger partial charge on any atom is -0.332 e. The van der Waals surface area contributed by atoms with E-state index >= 15 is 0 Å². The van der Waals surface area contributed by atoms with Crippen molar-refractivity contribution in [2.45, 2.75) is 19.4 Å². The first-order chi connectivity index (χ1) is 12.1. The number of carbonyl (C=O) groups excluding carboxylic acids is 1. The molecule has 0 bridgehead atoms. The molecule has 2 aromatic carbocycles. The number of nitrogens with zero attached hydrogens (tertiary/aromatic N) is 1. The van der Waals surface area contributed by atoms with Gasteiger partial charge in [0.2, 0.25) is 0 Å². The summed E-state index contributed by atoms with van der Waals surface area (Å²) in [6.07, 6.45) is 2.56. The molecule has 0 radical (unpaired) electrons. The highest BCUT2D eigenvalue weighted by molar-refractivity contribution is 7.80. The number of nitrogens with one attached hydrogen (secondary N) is 2. The lowest BCUT2D eigenvalue weighted by atomic mass is 10.2. The number of carbonyl (C=O) groups is 1. The molecule has 1 fully saturated rings. The summed E-state index contributed by atoms with van der Waals surface area (Å²) in [5, 5.41) is 5.78. The number of hydrogen-bond donors (Lipinski definition) is 2. The molecule has 3 rings (SSSR count). The van der Waals surface area contributed by atoms with Crippen LogP contribution >= 0.6 is 12.2 Å². The fourth-order valence-corrected chi connectivity index (χ4v) is 3.04. The minimum atomic E-state index is -0.383. The Morgan fingerprint density at radius 3 is 2.32 bits per heavy atom. The predicted molar refractivity (Wildman–Crippen MR) is 101 cm³/mol. The van der Waals surface area contributed by atoms with Gasteiger partial charge in [-0.25, -0.2) is 4.39 Å². The number of rotatable bonds is 4. The van der Waals surface area contributed by atoms with Gasteiger partial charge in [0, 0.05) is 17.8 Å². The van der Waals surface area contributed by atoms with Gasteiger partial charge in [0.05, 0.1) is 0 Å². The van der Waals surface area contributed by atoms with Crippen LogP contribution in [-0.4, -0.2) is 29.0 Å². The summed E-state index contributed by atoms with van der Waals surface area (Å²) in [6, 6.07) is 13.3. The third-order valence-electron chi connectivity index (χ3n) is 4.15. The third kappa shape index (κ3) is 5.08. The fraction of sp³-hybridized carbons (Fsp3) is 0.263. The number of benzene rings is 2.